The summed E-state index contributed by atoms with van der Waals surface area (Å²) in [5.41, 5.74) is 0.497. The van der Waals surface area contributed by atoms with Crippen molar-refractivity contribution in [3.8, 4) is 11.5 Å². The third-order valence-electron chi connectivity index (χ3n) is 5.77. The highest BCUT2D eigenvalue weighted by Crippen LogP contribution is 2.32. The smallest absolute Gasteiger partial charge is 0.264 e. The number of hydrogen-bond acceptors (Lipinski definition) is 7. The summed E-state index contributed by atoms with van der Waals surface area (Å²) in [4.78, 5) is 13.1. The van der Waals surface area contributed by atoms with E-state index in [4.69, 9.17) is 9.47 Å². The third kappa shape index (κ3) is 6.26. The van der Waals surface area contributed by atoms with Crippen LogP contribution in [0.2, 0.25) is 0 Å². The van der Waals surface area contributed by atoms with Gasteiger partial charge < -0.3 is 14.8 Å². The van der Waals surface area contributed by atoms with Gasteiger partial charge >= 0.3 is 0 Å². The Balaban J connectivity index is 1.90. The van der Waals surface area contributed by atoms with Gasteiger partial charge in [-0.3, -0.25) is 9.10 Å². The first-order chi connectivity index (χ1) is 18.1. The Labute approximate surface area is 223 Å². The first kappa shape index (κ1) is 29.0. The van der Waals surface area contributed by atoms with E-state index in [1.165, 1.54) is 67.1 Å². The zero-order valence-corrected chi connectivity index (χ0v) is 23.3. The van der Waals surface area contributed by atoms with E-state index in [0.29, 0.717) is 24.5 Å². The minimum absolute atomic E-state index is 0.0389. The summed E-state index contributed by atoms with van der Waals surface area (Å²) in [7, 11) is -4.96. The fourth-order valence-electron chi connectivity index (χ4n) is 3.76. The van der Waals surface area contributed by atoms with Gasteiger partial charge in [0.2, 0.25) is 15.9 Å². The second kappa shape index (κ2) is 12.3. The number of carbonyl (C=O) groups is 1. The molecule has 0 unspecified atom stereocenters. The highest BCUT2D eigenvalue weighted by molar-refractivity contribution is 7.93. The van der Waals surface area contributed by atoms with Crippen LogP contribution < -0.4 is 19.1 Å². The van der Waals surface area contributed by atoms with Crippen molar-refractivity contribution in [2.45, 2.75) is 23.6 Å². The van der Waals surface area contributed by atoms with E-state index in [0.717, 1.165) is 4.31 Å². The third-order valence-corrected chi connectivity index (χ3v) is 9.61. The van der Waals surface area contributed by atoms with E-state index >= 15 is 0 Å². The van der Waals surface area contributed by atoms with Crippen LogP contribution in [-0.4, -0.2) is 60.9 Å². The average Bonchev–Trinajstić information content (AvgIpc) is 2.92. The van der Waals surface area contributed by atoms with Crippen LogP contribution >= 0.6 is 0 Å². The second-order valence-corrected chi connectivity index (χ2v) is 11.8. The molecule has 0 aliphatic heterocycles. The van der Waals surface area contributed by atoms with E-state index in [2.05, 4.69) is 5.32 Å². The van der Waals surface area contributed by atoms with Crippen molar-refractivity contribution in [3.63, 3.8) is 0 Å². The lowest BCUT2D eigenvalue weighted by Crippen LogP contribution is -2.38. The summed E-state index contributed by atoms with van der Waals surface area (Å²) in [6, 6.07) is 18.0. The maximum Gasteiger partial charge on any atom is 0.264 e. The quantitative estimate of drug-likeness (QED) is 0.359. The number of anilines is 2. The van der Waals surface area contributed by atoms with Crippen LogP contribution in [0, 0.1) is 0 Å². The summed E-state index contributed by atoms with van der Waals surface area (Å²) >= 11 is 0. The van der Waals surface area contributed by atoms with Crippen LogP contribution in [0.25, 0.3) is 0 Å². The molecule has 10 nitrogen and oxygen atoms in total. The molecule has 0 saturated carbocycles. The highest BCUT2D eigenvalue weighted by Gasteiger charge is 2.29. The summed E-state index contributed by atoms with van der Waals surface area (Å²) in [5.74, 6) is 0.118. The number of sulfonamides is 2. The number of methoxy groups -OCH3 is 2. The number of para-hydroxylation sites is 2. The zero-order chi connectivity index (χ0) is 27.9. The zero-order valence-electron chi connectivity index (χ0n) is 21.6. The van der Waals surface area contributed by atoms with Crippen LogP contribution in [0.5, 0.6) is 11.5 Å². The van der Waals surface area contributed by atoms with Crippen molar-refractivity contribution < 1.29 is 31.1 Å². The number of hydrogen-bond donors (Lipinski definition) is 1. The van der Waals surface area contributed by atoms with Gasteiger partial charge in [0, 0.05) is 18.8 Å². The van der Waals surface area contributed by atoms with Crippen LogP contribution in [0.1, 0.15) is 13.8 Å². The van der Waals surface area contributed by atoms with Crippen LogP contribution in [0.4, 0.5) is 11.4 Å². The molecule has 12 heteroatoms. The lowest BCUT2D eigenvalue weighted by Gasteiger charge is -2.25. The molecular formula is C26H31N3O7S2. The topological polar surface area (TPSA) is 122 Å². The molecule has 3 aromatic rings. The van der Waals surface area contributed by atoms with Crippen molar-refractivity contribution in [1.29, 1.82) is 0 Å². The van der Waals surface area contributed by atoms with Crippen molar-refractivity contribution in [3.05, 3.63) is 72.8 Å². The SMILES string of the molecule is CCN(CC)S(=O)(=O)c1ccc(NC(=O)CN(c2ccccc2OC)S(=O)(=O)c2ccc(OC)cc2)cc1. The van der Waals surface area contributed by atoms with E-state index < -0.39 is 32.5 Å². The Bertz CT molecular complexity index is 1450. The van der Waals surface area contributed by atoms with Crippen molar-refractivity contribution in [1.82, 2.24) is 4.31 Å². The summed E-state index contributed by atoms with van der Waals surface area (Å²) in [5, 5.41) is 2.64. The van der Waals surface area contributed by atoms with Crippen molar-refractivity contribution in [2.24, 2.45) is 0 Å². The molecule has 0 fully saturated rings. The Morgan fingerprint density at radius 3 is 1.87 bits per heavy atom. The molecule has 3 rings (SSSR count). The summed E-state index contributed by atoms with van der Waals surface area (Å²) < 4.78 is 65.5. The molecule has 1 amide bonds. The van der Waals surface area contributed by atoms with Gasteiger partial charge in [-0.25, -0.2) is 16.8 Å². The Morgan fingerprint density at radius 2 is 1.32 bits per heavy atom. The number of nitrogens with one attached hydrogen (secondary N) is 1. The molecule has 0 aromatic heterocycles. The van der Waals surface area contributed by atoms with E-state index in [1.807, 2.05) is 0 Å². The van der Waals surface area contributed by atoms with Crippen LogP contribution in [0.15, 0.2) is 82.6 Å². The monoisotopic (exact) mass is 561 g/mol. The van der Waals surface area contributed by atoms with Gasteiger partial charge in [-0.05, 0) is 60.7 Å². The number of amides is 1. The first-order valence-electron chi connectivity index (χ1n) is 11.8. The molecule has 0 bridgehead atoms. The molecule has 0 saturated heterocycles. The lowest BCUT2D eigenvalue weighted by atomic mass is 10.3. The van der Waals surface area contributed by atoms with Gasteiger partial charge in [0.05, 0.1) is 29.7 Å². The van der Waals surface area contributed by atoms with Gasteiger partial charge in [-0.1, -0.05) is 26.0 Å². The highest BCUT2D eigenvalue weighted by atomic mass is 32.2. The van der Waals surface area contributed by atoms with Gasteiger partial charge in [0.25, 0.3) is 10.0 Å². The predicted molar refractivity (Wildman–Crippen MR) is 146 cm³/mol. The molecule has 0 aliphatic rings. The standard InChI is InChI=1S/C26H31N3O7S2/c1-5-28(6-2)37(31,32)22-15-11-20(12-16-22)27-26(30)19-29(24-9-7-8-10-25(24)36-4)38(33,34)23-17-13-21(35-3)14-18-23/h7-18H,5-6,19H2,1-4H3,(H,27,30). The van der Waals surface area contributed by atoms with Gasteiger partial charge in [0.1, 0.15) is 18.0 Å². The molecule has 0 heterocycles. The van der Waals surface area contributed by atoms with Gasteiger partial charge in [0.15, 0.2) is 0 Å². The minimum Gasteiger partial charge on any atom is -0.497 e. The lowest BCUT2D eigenvalue weighted by molar-refractivity contribution is -0.114. The molecule has 3 aromatic carbocycles. The average molecular weight is 562 g/mol. The predicted octanol–water partition coefficient (Wildman–Crippen LogP) is 3.57. The molecule has 1 N–H and O–H groups in total. The maximum absolute atomic E-state index is 13.6. The Kier molecular flexibility index (Phi) is 9.36. The molecule has 0 atom stereocenters. The summed E-state index contributed by atoms with van der Waals surface area (Å²) in [6.07, 6.45) is 0. The first-order valence-corrected chi connectivity index (χ1v) is 14.7. The number of ether oxygens (including phenoxy) is 2. The summed E-state index contributed by atoms with van der Waals surface area (Å²) in [6.45, 7) is 3.61. The second-order valence-electron chi connectivity index (χ2n) is 8.02. The Morgan fingerprint density at radius 1 is 0.763 bits per heavy atom. The number of rotatable bonds is 12. The minimum atomic E-state index is -4.19. The molecule has 204 valence electrons. The number of benzene rings is 3. The van der Waals surface area contributed by atoms with E-state index in [1.54, 1.807) is 38.1 Å². The molecule has 0 spiro atoms. The van der Waals surface area contributed by atoms with E-state index in [-0.39, 0.29) is 21.2 Å². The fraction of sp³-hybridized carbons (Fsp3) is 0.269. The van der Waals surface area contributed by atoms with Gasteiger partial charge in [-0.15, -0.1) is 0 Å². The largest absolute Gasteiger partial charge is 0.497 e. The van der Waals surface area contributed by atoms with Crippen LogP contribution in [-0.2, 0) is 24.8 Å². The van der Waals surface area contributed by atoms with Crippen molar-refractivity contribution in [2.75, 3.05) is 43.5 Å². The van der Waals surface area contributed by atoms with Crippen molar-refractivity contribution >= 4 is 37.3 Å². The normalized spacial score (nSPS) is 11.7. The molecule has 0 radical (unpaired) electrons. The molecule has 38 heavy (non-hydrogen) atoms. The maximum atomic E-state index is 13.6. The fourth-order valence-corrected chi connectivity index (χ4v) is 6.65. The molecule has 0 aliphatic carbocycles. The van der Waals surface area contributed by atoms with Gasteiger partial charge in [-0.2, -0.15) is 4.31 Å². The molecular weight excluding hydrogens is 530 g/mol. The Hall–Kier alpha value is -3.61. The number of carbonyl (C=O) groups excluding carboxylic acids is 1. The van der Waals surface area contributed by atoms with Crippen LogP contribution in [0.3, 0.4) is 0 Å². The number of nitrogens with zero attached hydrogens (tertiary/aromatic N) is 2. The van der Waals surface area contributed by atoms with E-state index in [9.17, 15) is 21.6 Å².